The summed E-state index contributed by atoms with van der Waals surface area (Å²) in [7, 11) is 0. The number of rotatable bonds is 7. The summed E-state index contributed by atoms with van der Waals surface area (Å²) in [6.07, 6.45) is 5.03. The van der Waals surface area contributed by atoms with Gasteiger partial charge in [0.2, 0.25) is 5.91 Å². The van der Waals surface area contributed by atoms with E-state index in [1.165, 1.54) is 11.1 Å². The Morgan fingerprint density at radius 2 is 2.00 bits per heavy atom. The van der Waals surface area contributed by atoms with Crippen LogP contribution in [0.1, 0.15) is 63.6 Å². The van der Waals surface area contributed by atoms with Gasteiger partial charge in [0, 0.05) is 6.54 Å². The van der Waals surface area contributed by atoms with Gasteiger partial charge in [-0.05, 0) is 42.7 Å². The molecule has 3 amide bonds. The van der Waals surface area contributed by atoms with Crippen LogP contribution in [0.15, 0.2) is 24.3 Å². The number of unbranched alkanes of at least 4 members (excludes halogenated alkanes) is 1. The van der Waals surface area contributed by atoms with E-state index in [-0.39, 0.29) is 23.9 Å². The second-order valence-corrected chi connectivity index (χ2v) is 7.13. The van der Waals surface area contributed by atoms with E-state index in [1.54, 1.807) is 0 Å². The average molecular weight is 345 g/mol. The molecule has 1 aliphatic rings. The van der Waals surface area contributed by atoms with Gasteiger partial charge >= 0.3 is 6.03 Å². The molecule has 2 atom stereocenters. The van der Waals surface area contributed by atoms with Crippen molar-refractivity contribution in [3.05, 3.63) is 35.4 Å². The van der Waals surface area contributed by atoms with Gasteiger partial charge in [-0.25, -0.2) is 4.79 Å². The summed E-state index contributed by atoms with van der Waals surface area (Å²) in [6, 6.07) is 7.51. The number of urea groups is 1. The molecule has 1 aromatic rings. The number of amides is 3. The lowest BCUT2D eigenvalue weighted by Crippen LogP contribution is -2.53. The summed E-state index contributed by atoms with van der Waals surface area (Å²) in [6.45, 7) is 6.60. The normalized spacial score (nSPS) is 17.5. The minimum absolute atomic E-state index is 0.0239. The lowest BCUT2D eigenvalue weighted by Gasteiger charge is -2.29. The molecule has 1 aromatic carbocycles. The SMILES string of the molecule is CCCCNC(=O)NC(C(=O)NC1CCCc2ccccc21)C(C)C. The highest BCUT2D eigenvalue weighted by Crippen LogP contribution is 2.29. The van der Waals surface area contributed by atoms with Crippen molar-refractivity contribution in [2.24, 2.45) is 5.92 Å². The maximum absolute atomic E-state index is 12.8. The Bertz CT molecular complexity index is 586. The topological polar surface area (TPSA) is 70.2 Å². The molecule has 3 N–H and O–H groups in total. The number of fused-ring (bicyclic) bond motifs is 1. The molecule has 0 spiro atoms. The molecule has 0 saturated carbocycles. The summed E-state index contributed by atoms with van der Waals surface area (Å²) in [5.74, 6) is -0.0851. The van der Waals surface area contributed by atoms with Gasteiger partial charge < -0.3 is 16.0 Å². The standard InChI is InChI=1S/C20H31N3O2/c1-4-5-13-21-20(25)23-18(14(2)3)19(24)22-17-12-8-10-15-9-6-7-11-16(15)17/h6-7,9,11,14,17-18H,4-5,8,10,12-13H2,1-3H3,(H,22,24)(H2,21,23,25). The van der Waals surface area contributed by atoms with E-state index in [4.69, 9.17) is 0 Å². The number of benzene rings is 1. The van der Waals surface area contributed by atoms with E-state index in [0.717, 1.165) is 32.1 Å². The van der Waals surface area contributed by atoms with Crippen LogP contribution in [0.25, 0.3) is 0 Å². The Labute approximate surface area is 151 Å². The first-order valence-corrected chi connectivity index (χ1v) is 9.45. The van der Waals surface area contributed by atoms with Crippen LogP contribution in [0.3, 0.4) is 0 Å². The van der Waals surface area contributed by atoms with Crippen LogP contribution in [0.4, 0.5) is 4.79 Å². The molecule has 0 saturated heterocycles. The molecule has 2 unspecified atom stereocenters. The molecular formula is C20H31N3O2. The van der Waals surface area contributed by atoms with Crippen molar-refractivity contribution in [3.63, 3.8) is 0 Å². The molecule has 25 heavy (non-hydrogen) atoms. The predicted octanol–water partition coefficient (Wildman–Crippen LogP) is 3.30. The Hall–Kier alpha value is -2.04. The maximum atomic E-state index is 12.8. The molecule has 0 heterocycles. The van der Waals surface area contributed by atoms with Gasteiger partial charge in [-0.2, -0.15) is 0 Å². The fourth-order valence-corrected chi connectivity index (χ4v) is 3.27. The zero-order valence-corrected chi connectivity index (χ0v) is 15.6. The first-order chi connectivity index (χ1) is 12.0. The third-order valence-electron chi connectivity index (χ3n) is 4.74. The van der Waals surface area contributed by atoms with Gasteiger partial charge in [-0.15, -0.1) is 0 Å². The van der Waals surface area contributed by atoms with Gasteiger partial charge in [0.1, 0.15) is 6.04 Å². The monoisotopic (exact) mass is 345 g/mol. The molecule has 2 rings (SSSR count). The first-order valence-electron chi connectivity index (χ1n) is 9.45. The summed E-state index contributed by atoms with van der Waals surface area (Å²) < 4.78 is 0. The lowest BCUT2D eigenvalue weighted by molar-refractivity contribution is -0.124. The van der Waals surface area contributed by atoms with Crippen LogP contribution in [0.5, 0.6) is 0 Å². The minimum atomic E-state index is -0.532. The molecular weight excluding hydrogens is 314 g/mol. The quantitative estimate of drug-likeness (QED) is 0.664. The fourth-order valence-electron chi connectivity index (χ4n) is 3.27. The summed E-state index contributed by atoms with van der Waals surface area (Å²) in [5, 5.41) is 8.79. The van der Waals surface area contributed by atoms with Crippen molar-refractivity contribution in [2.75, 3.05) is 6.54 Å². The van der Waals surface area contributed by atoms with Gasteiger partial charge in [-0.3, -0.25) is 4.79 Å². The lowest BCUT2D eigenvalue weighted by atomic mass is 9.87. The number of aryl methyl sites for hydroxylation is 1. The third-order valence-corrected chi connectivity index (χ3v) is 4.74. The Morgan fingerprint density at radius 1 is 1.24 bits per heavy atom. The van der Waals surface area contributed by atoms with Crippen molar-refractivity contribution >= 4 is 11.9 Å². The van der Waals surface area contributed by atoms with Crippen LogP contribution < -0.4 is 16.0 Å². The number of carbonyl (C=O) groups excluding carboxylic acids is 2. The Kier molecular flexibility index (Phi) is 7.29. The number of carbonyl (C=O) groups is 2. The van der Waals surface area contributed by atoms with E-state index in [1.807, 2.05) is 26.0 Å². The molecule has 5 heteroatoms. The second kappa shape index (κ2) is 9.44. The Balaban J connectivity index is 1.98. The fraction of sp³-hybridized carbons (Fsp3) is 0.600. The van der Waals surface area contributed by atoms with Crippen molar-refractivity contribution in [2.45, 2.75) is 65.0 Å². The van der Waals surface area contributed by atoms with Crippen LogP contribution >= 0.6 is 0 Å². The van der Waals surface area contributed by atoms with Crippen LogP contribution in [-0.2, 0) is 11.2 Å². The average Bonchev–Trinajstić information content (AvgIpc) is 2.60. The molecule has 138 valence electrons. The van der Waals surface area contributed by atoms with E-state index in [0.29, 0.717) is 6.54 Å². The predicted molar refractivity (Wildman–Crippen MR) is 100 cm³/mol. The third kappa shape index (κ3) is 5.48. The van der Waals surface area contributed by atoms with E-state index in [9.17, 15) is 9.59 Å². The highest BCUT2D eigenvalue weighted by Gasteiger charge is 2.28. The molecule has 0 aliphatic heterocycles. The van der Waals surface area contributed by atoms with Gasteiger partial charge in [0.15, 0.2) is 0 Å². The molecule has 0 aromatic heterocycles. The maximum Gasteiger partial charge on any atom is 0.315 e. The zero-order valence-electron chi connectivity index (χ0n) is 15.6. The van der Waals surface area contributed by atoms with Gasteiger partial charge in [0.05, 0.1) is 6.04 Å². The molecule has 1 aliphatic carbocycles. The smallest absolute Gasteiger partial charge is 0.315 e. The first kappa shape index (κ1) is 19.3. The summed E-state index contributed by atoms with van der Waals surface area (Å²) >= 11 is 0. The highest BCUT2D eigenvalue weighted by atomic mass is 16.2. The van der Waals surface area contributed by atoms with Crippen molar-refractivity contribution < 1.29 is 9.59 Å². The van der Waals surface area contributed by atoms with E-state index in [2.05, 4.69) is 35.0 Å². The molecule has 0 bridgehead atoms. The second-order valence-electron chi connectivity index (χ2n) is 7.13. The molecule has 0 fully saturated rings. The van der Waals surface area contributed by atoms with Crippen molar-refractivity contribution in [1.29, 1.82) is 0 Å². The van der Waals surface area contributed by atoms with Gasteiger partial charge in [-0.1, -0.05) is 51.5 Å². The van der Waals surface area contributed by atoms with Crippen LogP contribution in [0, 0.1) is 5.92 Å². The minimum Gasteiger partial charge on any atom is -0.347 e. The number of hydrogen-bond donors (Lipinski definition) is 3. The van der Waals surface area contributed by atoms with Crippen molar-refractivity contribution in [1.82, 2.24) is 16.0 Å². The van der Waals surface area contributed by atoms with E-state index >= 15 is 0 Å². The van der Waals surface area contributed by atoms with Gasteiger partial charge in [0.25, 0.3) is 0 Å². The number of nitrogens with one attached hydrogen (secondary N) is 3. The van der Waals surface area contributed by atoms with E-state index < -0.39 is 6.04 Å². The summed E-state index contributed by atoms with van der Waals surface area (Å²) in [5.41, 5.74) is 2.52. The van der Waals surface area contributed by atoms with Crippen LogP contribution in [0.2, 0.25) is 0 Å². The highest BCUT2D eigenvalue weighted by molar-refractivity contribution is 5.87. The van der Waals surface area contributed by atoms with Crippen molar-refractivity contribution in [3.8, 4) is 0 Å². The molecule has 5 nitrogen and oxygen atoms in total. The zero-order chi connectivity index (χ0) is 18.2. The molecule has 0 radical (unpaired) electrons. The largest absolute Gasteiger partial charge is 0.347 e. The number of hydrogen-bond acceptors (Lipinski definition) is 2. The van der Waals surface area contributed by atoms with Crippen LogP contribution in [-0.4, -0.2) is 24.5 Å². The summed E-state index contributed by atoms with van der Waals surface area (Å²) in [4.78, 5) is 24.8. The Morgan fingerprint density at radius 3 is 2.72 bits per heavy atom.